The minimum atomic E-state index is -0.590. The van der Waals surface area contributed by atoms with Crippen molar-refractivity contribution in [1.29, 1.82) is 0 Å². The van der Waals surface area contributed by atoms with E-state index in [4.69, 9.17) is 0 Å². The molecule has 9 heteroatoms. The van der Waals surface area contributed by atoms with E-state index in [-0.39, 0.29) is 28.5 Å². The van der Waals surface area contributed by atoms with Crippen LogP contribution in [0.4, 0.5) is 20.2 Å². The van der Waals surface area contributed by atoms with Crippen LogP contribution in [0.3, 0.4) is 0 Å². The Labute approximate surface area is 193 Å². The van der Waals surface area contributed by atoms with Gasteiger partial charge >= 0.3 is 0 Å². The standard InChI is InChI=1S/C25H19F2N5O2/c26-15-11-12-18(29-24(33)19-8-3-4-13-28-19)20(14-15)30-25(34)23-16-6-5-10-21(16)32(31-23)22-9-2-1-7-17(22)27/h1-4,7-9,11-14H,5-6,10H2,(H,29,33)(H,30,34). The number of carbonyl (C=O) groups is 2. The van der Waals surface area contributed by atoms with Gasteiger partial charge in [0.2, 0.25) is 0 Å². The first-order valence-corrected chi connectivity index (χ1v) is 10.7. The number of rotatable bonds is 5. The van der Waals surface area contributed by atoms with E-state index >= 15 is 0 Å². The molecule has 170 valence electrons. The number of fused-ring (bicyclic) bond motifs is 1. The maximum Gasteiger partial charge on any atom is 0.276 e. The molecule has 1 aliphatic rings. The minimum Gasteiger partial charge on any atom is -0.319 e. The van der Waals surface area contributed by atoms with Gasteiger partial charge in [0.1, 0.15) is 23.0 Å². The number of amides is 2. The predicted octanol–water partition coefficient (Wildman–Crippen LogP) is 4.54. The van der Waals surface area contributed by atoms with Crippen molar-refractivity contribution in [1.82, 2.24) is 14.8 Å². The average molecular weight is 459 g/mol. The highest BCUT2D eigenvalue weighted by atomic mass is 19.1. The van der Waals surface area contributed by atoms with Gasteiger partial charge in [-0.2, -0.15) is 5.10 Å². The topological polar surface area (TPSA) is 88.9 Å². The number of nitrogens with zero attached hydrogens (tertiary/aromatic N) is 3. The summed E-state index contributed by atoms with van der Waals surface area (Å²) in [5, 5.41) is 9.69. The molecule has 7 nitrogen and oxygen atoms in total. The second-order valence-electron chi connectivity index (χ2n) is 7.80. The van der Waals surface area contributed by atoms with Gasteiger partial charge in [-0.3, -0.25) is 14.6 Å². The van der Waals surface area contributed by atoms with E-state index in [9.17, 15) is 18.4 Å². The summed E-state index contributed by atoms with van der Waals surface area (Å²) in [5.41, 5.74) is 2.35. The van der Waals surface area contributed by atoms with Crippen LogP contribution in [-0.2, 0) is 12.8 Å². The van der Waals surface area contributed by atoms with Crippen LogP contribution in [0.15, 0.2) is 66.9 Å². The quantitative estimate of drug-likeness (QED) is 0.459. The second-order valence-corrected chi connectivity index (χ2v) is 7.80. The molecule has 0 bridgehead atoms. The van der Waals surface area contributed by atoms with Crippen LogP contribution >= 0.6 is 0 Å². The number of carbonyl (C=O) groups excluding carboxylic acids is 2. The monoisotopic (exact) mass is 459 g/mol. The molecular weight excluding hydrogens is 440 g/mol. The highest BCUT2D eigenvalue weighted by Gasteiger charge is 2.28. The molecule has 34 heavy (non-hydrogen) atoms. The molecule has 1 aliphatic carbocycles. The molecule has 2 aromatic heterocycles. The number of anilines is 2. The molecule has 2 amide bonds. The number of para-hydroxylation sites is 1. The molecule has 5 rings (SSSR count). The summed E-state index contributed by atoms with van der Waals surface area (Å²) >= 11 is 0. The maximum atomic E-state index is 14.4. The molecule has 0 radical (unpaired) electrons. The van der Waals surface area contributed by atoms with Crippen LogP contribution < -0.4 is 10.6 Å². The van der Waals surface area contributed by atoms with E-state index in [0.717, 1.165) is 23.7 Å². The number of benzene rings is 2. The fourth-order valence-electron chi connectivity index (χ4n) is 4.04. The first kappa shape index (κ1) is 21.4. The molecule has 0 fully saturated rings. The summed E-state index contributed by atoms with van der Waals surface area (Å²) in [6.45, 7) is 0. The lowest BCUT2D eigenvalue weighted by atomic mass is 10.1. The predicted molar refractivity (Wildman–Crippen MR) is 122 cm³/mol. The summed E-state index contributed by atoms with van der Waals surface area (Å²) in [6.07, 6.45) is 3.58. The zero-order valence-corrected chi connectivity index (χ0v) is 17.9. The van der Waals surface area contributed by atoms with E-state index in [1.807, 2.05) is 0 Å². The number of hydrogen-bond acceptors (Lipinski definition) is 4. The van der Waals surface area contributed by atoms with Crippen LogP contribution in [0.25, 0.3) is 5.69 Å². The molecule has 0 atom stereocenters. The number of hydrogen-bond donors (Lipinski definition) is 2. The van der Waals surface area contributed by atoms with Gasteiger partial charge in [0.25, 0.3) is 11.8 Å². The fraction of sp³-hybridized carbons (Fsp3) is 0.120. The number of halogens is 2. The van der Waals surface area contributed by atoms with Gasteiger partial charge in [-0.05, 0) is 61.7 Å². The van der Waals surface area contributed by atoms with Gasteiger partial charge in [0.05, 0.1) is 11.4 Å². The third-order valence-electron chi connectivity index (χ3n) is 5.60. The van der Waals surface area contributed by atoms with E-state index in [2.05, 4.69) is 20.7 Å². The molecule has 0 saturated heterocycles. The van der Waals surface area contributed by atoms with Crippen molar-refractivity contribution in [3.05, 3.63) is 101 Å². The van der Waals surface area contributed by atoms with E-state index in [0.29, 0.717) is 12.8 Å². The highest BCUT2D eigenvalue weighted by Crippen LogP contribution is 2.30. The lowest BCUT2D eigenvalue weighted by Crippen LogP contribution is -2.19. The molecule has 4 aromatic rings. The maximum absolute atomic E-state index is 14.4. The Bertz CT molecular complexity index is 1400. The lowest BCUT2D eigenvalue weighted by molar-refractivity contribution is 0.101. The Morgan fingerprint density at radius 1 is 0.882 bits per heavy atom. The van der Waals surface area contributed by atoms with Crippen molar-refractivity contribution in [2.45, 2.75) is 19.3 Å². The summed E-state index contributed by atoms with van der Waals surface area (Å²) in [4.78, 5) is 29.7. The fourth-order valence-corrected chi connectivity index (χ4v) is 4.04. The average Bonchev–Trinajstić information content (AvgIpc) is 3.45. The summed E-state index contributed by atoms with van der Waals surface area (Å²) < 4.78 is 29.9. The van der Waals surface area contributed by atoms with Crippen molar-refractivity contribution in [3.63, 3.8) is 0 Å². The smallest absolute Gasteiger partial charge is 0.276 e. The van der Waals surface area contributed by atoms with Crippen molar-refractivity contribution in [2.24, 2.45) is 0 Å². The molecule has 0 unspecified atom stereocenters. The van der Waals surface area contributed by atoms with Crippen LogP contribution in [0.2, 0.25) is 0 Å². The normalized spacial score (nSPS) is 12.3. The van der Waals surface area contributed by atoms with E-state index in [1.54, 1.807) is 30.3 Å². The van der Waals surface area contributed by atoms with Gasteiger partial charge in [0.15, 0.2) is 5.69 Å². The Balaban J connectivity index is 1.46. The van der Waals surface area contributed by atoms with Gasteiger partial charge in [-0.15, -0.1) is 0 Å². The molecule has 2 heterocycles. The SMILES string of the molecule is O=C(Nc1ccc(F)cc1NC(=O)c1nn(-c2ccccc2F)c2c1CCC2)c1ccccn1. The minimum absolute atomic E-state index is 0.0708. The Hall–Kier alpha value is -4.40. The number of nitrogens with one attached hydrogen (secondary N) is 2. The Kier molecular flexibility index (Phi) is 5.59. The molecular formula is C25H19F2N5O2. The van der Waals surface area contributed by atoms with E-state index in [1.165, 1.54) is 35.1 Å². The van der Waals surface area contributed by atoms with Crippen LogP contribution in [0, 0.1) is 11.6 Å². The van der Waals surface area contributed by atoms with Crippen molar-refractivity contribution in [2.75, 3.05) is 10.6 Å². The van der Waals surface area contributed by atoms with Crippen LogP contribution in [-0.4, -0.2) is 26.6 Å². The first-order chi connectivity index (χ1) is 16.5. The van der Waals surface area contributed by atoms with Gasteiger partial charge < -0.3 is 10.6 Å². The number of aromatic nitrogens is 3. The molecule has 2 aromatic carbocycles. The summed E-state index contributed by atoms with van der Waals surface area (Å²) in [5.74, 6) is -2.12. The van der Waals surface area contributed by atoms with Gasteiger partial charge in [0, 0.05) is 17.5 Å². The Morgan fingerprint density at radius 2 is 1.68 bits per heavy atom. The first-order valence-electron chi connectivity index (χ1n) is 10.7. The molecule has 0 spiro atoms. The van der Waals surface area contributed by atoms with Crippen molar-refractivity contribution in [3.8, 4) is 5.69 Å². The third kappa shape index (κ3) is 4.03. The van der Waals surface area contributed by atoms with Gasteiger partial charge in [-0.25, -0.2) is 13.5 Å². The Morgan fingerprint density at radius 3 is 2.47 bits per heavy atom. The zero-order chi connectivity index (χ0) is 23.7. The van der Waals surface area contributed by atoms with Crippen LogP contribution in [0.1, 0.15) is 38.7 Å². The lowest BCUT2D eigenvalue weighted by Gasteiger charge is -2.12. The van der Waals surface area contributed by atoms with Crippen molar-refractivity contribution < 1.29 is 18.4 Å². The van der Waals surface area contributed by atoms with Crippen LogP contribution in [0.5, 0.6) is 0 Å². The molecule has 0 saturated carbocycles. The zero-order valence-electron chi connectivity index (χ0n) is 17.9. The largest absolute Gasteiger partial charge is 0.319 e. The van der Waals surface area contributed by atoms with Crippen molar-refractivity contribution >= 4 is 23.2 Å². The highest BCUT2D eigenvalue weighted by molar-refractivity contribution is 6.09. The second kappa shape index (κ2) is 8.86. The van der Waals surface area contributed by atoms with E-state index < -0.39 is 23.4 Å². The molecule has 0 aliphatic heterocycles. The molecule has 2 N–H and O–H groups in total. The summed E-state index contributed by atoms with van der Waals surface area (Å²) in [7, 11) is 0. The summed E-state index contributed by atoms with van der Waals surface area (Å²) in [6, 6.07) is 14.7. The van der Waals surface area contributed by atoms with Gasteiger partial charge in [-0.1, -0.05) is 18.2 Å². The third-order valence-corrected chi connectivity index (χ3v) is 5.60. The number of pyridine rings is 1.